The van der Waals surface area contributed by atoms with Crippen molar-refractivity contribution >= 4 is 0 Å². The van der Waals surface area contributed by atoms with Crippen molar-refractivity contribution in [2.24, 2.45) is 0 Å². The molecule has 2 nitrogen and oxygen atoms in total. The number of aromatic nitrogens is 2. The minimum Gasteiger partial charge on any atom is -0.345 e. The Hall–Kier alpha value is -0.790. The molecule has 0 spiro atoms. The Bertz CT molecular complexity index is 501. The van der Waals surface area contributed by atoms with Crippen LogP contribution in [0.5, 0.6) is 0 Å². The van der Waals surface area contributed by atoms with E-state index >= 15 is 0 Å². The van der Waals surface area contributed by atoms with Gasteiger partial charge in [-0.1, -0.05) is 94.4 Å². The molecule has 1 aromatic rings. The summed E-state index contributed by atoms with van der Waals surface area (Å²) in [6, 6.07) is 0. The molecule has 0 aromatic carbocycles. The second-order valence-electron chi connectivity index (χ2n) is 9.89. The highest BCUT2D eigenvalue weighted by Gasteiger charge is 2.35. The first-order valence-corrected chi connectivity index (χ1v) is 10.1. The average Bonchev–Trinajstić information content (AvgIpc) is 2.92. The van der Waals surface area contributed by atoms with Crippen LogP contribution in [0.15, 0.2) is 0 Å². The molecular weight excluding hydrogens is 292 g/mol. The zero-order valence-electron chi connectivity index (χ0n) is 17.9. The second-order valence-corrected chi connectivity index (χ2v) is 9.89. The number of hydrogen-bond acceptors (Lipinski definition) is 1. The second kappa shape index (κ2) is 8.06. The predicted octanol–water partition coefficient (Wildman–Crippen LogP) is 7.03. The molecule has 1 rings (SSSR count). The van der Waals surface area contributed by atoms with E-state index in [0.717, 1.165) is 5.82 Å². The summed E-state index contributed by atoms with van der Waals surface area (Å²) in [5, 5.41) is 0. The highest BCUT2D eigenvalue weighted by Crippen LogP contribution is 2.39. The molecule has 0 bridgehead atoms. The van der Waals surface area contributed by atoms with Crippen LogP contribution in [0.3, 0.4) is 0 Å². The topological polar surface area (TPSA) is 28.7 Å². The largest absolute Gasteiger partial charge is 0.345 e. The molecule has 0 saturated heterocycles. The van der Waals surface area contributed by atoms with Crippen molar-refractivity contribution in [2.75, 3.05) is 0 Å². The van der Waals surface area contributed by atoms with Crippen molar-refractivity contribution in [3.05, 3.63) is 17.2 Å². The smallest absolute Gasteiger partial charge is 0.112 e. The number of nitrogens with zero attached hydrogens (tertiary/aromatic N) is 1. The summed E-state index contributed by atoms with van der Waals surface area (Å²) in [6.07, 6.45) is 8.83. The van der Waals surface area contributed by atoms with E-state index < -0.39 is 0 Å². The Labute approximate surface area is 151 Å². The molecule has 0 radical (unpaired) electrons. The van der Waals surface area contributed by atoms with Gasteiger partial charge in [0.1, 0.15) is 5.82 Å². The van der Waals surface area contributed by atoms with Gasteiger partial charge >= 0.3 is 0 Å². The average molecular weight is 335 g/mol. The minimum absolute atomic E-state index is 0.0628. The van der Waals surface area contributed by atoms with E-state index in [4.69, 9.17) is 4.98 Å². The molecule has 1 aromatic heterocycles. The Kier molecular flexibility index (Phi) is 7.14. The molecule has 0 saturated carbocycles. The lowest BCUT2D eigenvalue weighted by atomic mass is 9.75. The van der Waals surface area contributed by atoms with Gasteiger partial charge < -0.3 is 4.98 Å². The van der Waals surface area contributed by atoms with Crippen LogP contribution in [0.25, 0.3) is 0 Å². The Morgan fingerprint density at radius 2 is 1.29 bits per heavy atom. The predicted molar refractivity (Wildman–Crippen MR) is 107 cm³/mol. The Morgan fingerprint density at radius 3 is 1.79 bits per heavy atom. The molecule has 0 fully saturated rings. The van der Waals surface area contributed by atoms with Crippen molar-refractivity contribution in [2.45, 2.75) is 124 Å². The van der Waals surface area contributed by atoms with Crippen molar-refractivity contribution < 1.29 is 0 Å². The molecule has 0 atom stereocenters. The molecule has 0 aliphatic rings. The van der Waals surface area contributed by atoms with E-state index in [0.29, 0.717) is 0 Å². The number of imidazole rings is 1. The lowest BCUT2D eigenvalue weighted by Crippen LogP contribution is -2.26. The third-order valence-corrected chi connectivity index (χ3v) is 5.29. The van der Waals surface area contributed by atoms with Crippen LogP contribution in [-0.2, 0) is 16.2 Å². The molecule has 0 amide bonds. The minimum atomic E-state index is 0.0628. The van der Waals surface area contributed by atoms with E-state index in [1.54, 1.807) is 0 Å². The zero-order valence-corrected chi connectivity index (χ0v) is 17.9. The fourth-order valence-corrected chi connectivity index (χ4v) is 3.39. The molecule has 2 heteroatoms. The lowest BCUT2D eigenvalue weighted by molar-refractivity contribution is 0.401. The third-order valence-electron chi connectivity index (χ3n) is 5.29. The standard InChI is InChI=1S/C22H42N2/c1-10-12-14-16-22(8,9)18-17(21(6,7)15-13-11-2)23-19(24-18)20(3,4)5/h10-16H2,1-9H3,(H,23,24). The number of unbranched alkanes of at least 4 members (excludes halogenated alkanes) is 3. The number of hydrogen-bond donors (Lipinski definition) is 1. The lowest BCUT2D eigenvalue weighted by Gasteiger charge is -2.30. The molecule has 24 heavy (non-hydrogen) atoms. The van der Waals surface area contributed by atoms with Crippen LogP contribution < -0.4 is 0 Å². The molecular formula is C22H42N2. The van der Waals surface area contributed by atoms with Crippen molar-refractivity contribution in [3.8, 4) is 0 Å². The van der Waals surface area contributed by atoms with Crippen molar-refractivity contribution in [3.63, 3.8) is 0 Å². The fourth-order valence-electron chi connectivity index (χ4n) is 3.39. The van der Waals surface area contributed by atoms with E-state index in [1.807, 2.05) is 0 Å². The summed E-state index contributed by atoms with van der Waals surface area (Å²) in [7, 11) is 0. The van der Waals surface area contributed by atoms with Gasteiger partial charge in [0.25, 0.3) is 0 Å². The number of H-pyrrole nitrogens is 1. The molecule has 1 N–H and O–H groups in total. The van der Waals surface area contributed by atoms with Crippen LogP contribution in [0.2, 0.25) is 0 Å². The van der Waals surface area contributed by atoms with E-state index in [-0.39, 0.29) is 16.2 Å². The van der Waals surface area contributed by atoms with Crippen molar-refractivity contribution in [1.82, 2.24) is 9.97 Å². The number of nitrogens with one attached hydrogen (secondary N) is 1. The van der Waals surface area contributed by atoms with Gasteiger partial charge in [-0.05, 0) is 12.8 Å². The maximum atomic E-state index is 5.15. The normalized spacial score (nSPS) is 13.5. The van der Waals surface area contributed by atoms with E-state index in [9.17, 15) is 0 Å². The summed E-state index contributed by atoms with van der Waals surface area (Å²) in [5.41, 5.74) is 3.04. The van der Waals surface area contributed by atoms with Gasteiger partial charge in [-0.2, -0.15) is 0 Å². The van der Waals surface area contributed by atoms with Gasteiger partial charge in [0.05, 0.1) is 5.69 Å². The van der Waals surface area contributed by atoms with Crippen molar-refractivity contribution in [1.29, 1.82) is 0 Å². The SMILES string of the molecule is CCCCCC(C)(C)c1nc(C(C)(C)C)[nH]c1C(C)(C)CCCC. The Balaban J connectivity index is 3.28. The van der Waals surface area contributed by atoms with E-state index in [2.05, 4.69) is 67.3 Å². The van der Waals surface area contributed by atoms with Crippen LogP contribution in [0, 0.1) is 0 Å². The van der Waals surface area contributed by atoms with Gasteiger partial charge in [-0.15, -0.1) is 0 Å². The van der Waals surface area contributed by atoms with Gasteiger partial charge in [-0.3, -0.25) is 0 Å². The molecule has 0 aliphatic heterocycles. The quantitative estimate of drug-likeness (QED) is 0.482. The van der Waals surface area contributed by atoms with Crippen LogP contribution in [0.1, 0.15) is 124 Å². The highest BCUT2D eigenvalue weighted by atomic mass is 15.0. The van der Waals surface area contributed by atoms with Crippen LogP contribution in [0.4, 0.5) is 0 Å². The molecule has 0 unspecified atom stereocenters. The molecule has 0 aliphatic carbocycles. The van der Waals surface area contributed by atoms with Gasteiger partial charge in [0.15, 0.2) is 0 Å². The van der Waals surface area contributed by atoms with Crippen LogP contribution in [-0.4, -0.2) is 9.97 Å². The maximum absolute atomic E-state index is 5.15. The summed E-state index contributed by atoms with van der Waals surface area (Å²) in [4.78, 5) is 8.91. The van der Waals surface area contributed by atoms with Gasteiger partial charge in [-0.25, -0.2) is 4.98 Å². The first-order chi connectivity index (χ1) is 11.0. The monoisotopic (exact) mass is 334 g/mol. The highest BCUT2D eigenvalue weighted by molar-refractivity contribution is 5.31. The molecule has 140 valence electrons. The van der Waals surface area contributed by atoms with E-state index in [1.165, 1.54) is 56.3 Å². The van der Waals surface area contributed by atoms with Gasteiger partial charge in [0.2, 0.25) is 0 Å². The third kappa shape index (κ3) is 5.36. The number of aromatic amines is 1. The maximum Gasteiger partial charge on any atom is 0.112 e. The zero-order chi connectivity index (χ0) is 18.6. The summed E-state index contributed by atoms with van der Waals surface area (Å²) < 4.78 is 0. The number of rotatable bonds is 9. The molecule has 1 heterocycles. The summed E-state index contributed by atoms with van der Waals surface area (Å²) in [5.74, 6) is 1.14. The first kappa shape index (κ1) is 21.3. The first-order valence-electron chi connectivity index (χ1n) is 10.1. The summed E-state index contributed by atoms with van der Waals surface area (Å²) in [6.45, 7) is 20.8. The Morgan fingerprint density at radius 1 is 0.750 bits per heavy atom. The fraction of sp³-hybridized carbons (Fsp3) is 0.864. The summed E-state index contributed by atoms with van der Waals surface area (Å²) >= 11 is 0. The van der Waals surface area contributed by atoms with Gasteiger partial charge in [0, 0.05) is 21.9 Å². The van der Waals surface area contributed by atoms with Crippen LogP contribution >= 0.6 is 0 Å².